The molecule has 0 aromatic rings. The Morgan fingerprint density at radius 3 is 2.33 bits per heavy atom. The molecule has 0 bridgehead atoms. The van der Waals surface area contributed by atoms with Crippen LogP contribution in [0, 0.1) is 24.2 Å². The molecule has 0 aromatic carbocycles. The van der Waals surface area contributed by atoms with Gasteiger partial charge in [-0.3, -0.25) is 14.4 Å². The summed E-state index contributed by atoms with van der Waals surface area (Å²) in [6.45, 7) is 4.38. The Kier molecular flexibility index (Phi) is 6.22. The van der Waals surface area contributed by atoms with Gasteiger partial charge in [-0.15, -0.1) is 6.42 Å². The molecular formula is C15H22N2O4. The van der Waals surface area contributed by atoms with Crippen molar-refractivity contribution in [1.29, 1.82) is 0 Å². The smallest absolute Gasteiger partial charge is 0.323 e. The summed E-state index contributed by atoms with van der Waals surface area (Å²) < 4.78 is 0. The molecule has 0 unspecified atom stereocenters. The number of piperidine rings is 1. The molecule has 0 aromatic heterocycles. The zero-order valence-electron chi connectivity index (χ0n) is 12.5. The van der Waals surface area contributed by atoms with Crippen LogP contribution in [0.1, 0.15) is 26.7 Å². The summed E-state index contributed by atoms with van der Waals surface area (Å²) in [6, 6.07) is 0. The van der Waals surface area contributed by atoms with Gasteiger partial charge in [0.25, 0.3) is 0 Å². The quantitative estimate of drug-likeness (QED) is 0.746. The van der Waals surface area contributed by atoms with Crippen molar-refractivity contribution in [1.82, 2.24) is 9.80 Å². The summed E-state index contributed by atoms with van der Waals surface area (Å²) in [6.07, 6.45) is 6.28. The lowest BCUT2D eigenvalue weighted by Crippen LogP contribution is -2.46. The van der Waals surface area contributed by atoms with Crippen LogP contribution in [0.4, 0.5) is 0 Å². The van der Waals surface area contributed by atoms with Gasteiger partial charge in [0.05, 0.1) is 6.54 Å². The molecule has 6 nitrogen and oxygen atoms in total. The fraction of sp³-hybridized carbons (Fsp3) is 0.667. The average molecular weight is 294 g/mol. The number of terminal acetylenes is 1. The second-order valence-electron chi connectivity index (χ2n) is 5.55. The van der Waals surface area contributed by atoms with E-state index in [1.54, 1.807) is 4.90 Å². The number of nitrogens with zero attached hydrogens (tertiary/aromatic N) is 2. The molecular weight excluding hydrogens is 272 g/mol. The normalized spacial score (nSPS) is 15.6. The van der Waals surface area contributed by atoms with E-state index < -0.39 is 5.97 Å². The van der Waals surface area contributed by atoms with Crippen LogP contribution < -0.4 is 0 Å². The highest BCUT2D eigenvalue weighted by molar-refractivity contribution is 5.84. The first kappa shape index (κ1) is 17.0. The summed E-state index contributed by atoms with van der Waals surface area (Å²) in [7, 11) is 0. The maximum Gasteiger partial charge on any atom is 0.323 e. The molecule has 1 heterocycles. The molecule has 1 rings (SSSR count). The van der Waals surface area contributed by atoms with Crippen LogP contribution in [0.5, 0.6) is 0 Å². The number of aliphatic carboxylic acids is 1. The largest absolute Gasteiger partial charge is 0.480 e. The standard InChI is InChI=1S/C15H22N2O4/c1-4-7-17(10-13(18)19)15(21)12-5-8-16(9-6-12)14(20)11(2)3/h1,11-12H,5-10H2,2-3H3,(H,18,19). The fourth-order valence-electron chi connectivity index (χ4n) is 2.46. The topological polar surface area (TPSA) is 77.9 Å². The van der Waals surface area contributed by atoms with E-state index in [2.05, 4.69) is 5.92 Å². The Balaban J connectivity index is 2.59. The molecule has 1 fully saturated rings. The lowest BCUT2D eigenvalue weighted by Gasteiger charge is -2.34. The van der Waals surface area contributed by atoms with Crippen molar-refractivity contribution in [2.45, 2.75) is 26.7 Å². The Hall–Kier alpha value is -2.03. The number of carboxylic acid groups (broad SMARTS) is 1. The van der Waals surface area contributed by atoms with Gasteiger partial charge in [-0.05, 0) is 12.8 Å². The highest BCUT2D eigenvalue weighted by Crippen LogP contribution is 2.21. The minimum absolute atomic E-state index is 0.00370. The number of hydrogen-bond donors (Lipinski definition) is 1. The Bertz CT molecular complexity index is 445. The van der Waals surface area contributed by atoms with E-state index in [1.807, 2.05) is 13.8 Å². The minimum Gasteiger partial charge on any atom is -0.480 e. The molecule has 0 spiro atoms. The van der Waals surface area contributed by atoms with E-state index >= 15 is 0 Å². The first-order valence-corrected chi connectivity index (χ1v) is 7.09. The second kappa shape index (κ2) is 7.67. The third kappa shape index (κ3) is 4.78. The van der Waals surface area contributed by atoms with Gasteiger partial charge in [-0.1, -0.05) is 19.8 Å². The maximum atomic E-state index is 12.3. The van der Waals surface area contributed by atoms with Crippen LogP contribution >= 0.6 is 0 Å². The van der Waals surface area contributed by atoms with Crippen molar-refractivity contribution in [2.24, 2.45) is 11.8 Å². The van der Waals surface area contributed by atoms with E-state index in [0.717, 1.165) is 0 Å². The van der Waals surface area contributed by atoms with Gasteiger partial charge < -0.3 is 14.9 Å². The third-order valence-electron chi connectivity index (χ3n) is 3.57. The number of carbonyl (C=O) groups is 3. The zero-order valence-corrected chi connectivity index (χ0v) is 12.5. The number of amides is 2. The van der Waals surface area contributed by atoms with Crippen molar-refractivity contribution < 1.29 is 19.5 Å². The molecule has 1 N–H and O–H groups in total. The van der Waals surface area contributed by atoms with Gasteiger partial charge in [0.1, 0.15) is 6.54 Å². The second-order valence-corrected chi connectivity index (χ2v) is 5.55. The molecule has 0 aliphatic carbocycles. The van der Waals surface area contributed by atoms with Crippen molar-refractivity contribution in [2.75, 3.05) is 26.2 Å². The van der Waals surface area contributed by atoms with Gasteiger partial charge >= 0.3 is 5.97 Å². The number of rotatable bonds is 5. The van der Waals surface area contributed by atoms with E-state index in [9.17, 15) is 14.4 Å². The molecule has 0 radical (unpaired) electrons. The van der Waals surface area contributed by atoms with E-state index in [4.69, 9.17) is 11.5 Å². The predicted octanol–water partition coefficient (Wildman–Crippen LogP) is 0.427. The number of likely N-dealkylation sites (tertiary alicyclic amines) is 1. The first-order chi connectivity index (χ1) is 9.86. The minimum atomic E-state index is -1.08. The van der Waals surface area contributed by atoms with E-state index in [1.165, 1.54) is 4.90 Å². The maximum absolute atomic E-state index is 12.3. The third-order valence-corrected chi connectivity index (χ3v) is 3.57. The Labute approximate surface area is 125 Å². The highest BCUT2D eigenvalue weighted by atomic mass is 16.4. The fourth-order valence-corrected chi connectivity index (χ4v) is 2.46. The summed E-state index contributed by atoms with van der Waals surface area (Å²) in [4.78, 5) is 37.9. The predicted molar refractivity (Wildman–Crippen MR) is 77.2 cm³/mol. The lowest BCUT2D eigenvalue weighted by molar-refractivity contribution is -0.147. The summed E-state index contributed by atoms with van der Waals surface area (Å²) in [5, 5.41) is 8.82. The molecule has 1 saturated heterocycles. The van der Waals surface area contributed by atoms with Gasteiger partial charge in [-0.2, -0.15) is 0 Å². The van der Waals surface area contributed by atoms with Crippen LogP contribution in [0.15, 0.2) is 0 Å². The Morgan fingerprint density at radius 1 is 1.33 bits per heavy atom. The van der Waals surface area contributed by atoms with E-state index in [-0.39, 0.29) is 36.7 Å². The summed E-state index contributed by atoms with van der Waals surface area (Å²) in [5.41, 5.74) is 0. The van der Waals surface area contributed by atoms with E-state index in [0.29, 0.717) is 25.9 Å². The number of hydrogen-bond acceptors (Lipinski definition) is 3. The molecule has 1 aliphatic rings. The molecule has 21 heavy (non-hydrogen) atoms. The first-order valence-electron chi connectivity index (χ1n) is 7.09. The highest BCUT2D eigenvalue weighted by Gasteiger charge is 2.31. The van der Waals surface area contributed by atoms with Gasteiger partial charge in [0.15, 0.2) is 0 Å². The Morgan fingerprint density at radius 2 is 1.90 bits per heavy atom. The van der Waals surface area contributed by atoms with Crippen LogP contribution in [-0.4, -0.2) is 58.9 Å². The van der Waals surface area contributed by atoms with Crippen LogP contribution in [0.2, 0.25) is 0 Å². The molecule has 6 heteroatoms. The van der Waals surface area contributed by atoms with Crippen molar-refractivity contribution in [3.63, 3.8) is 0 Å². The molecule has 2 amide bonds. The van der Waals surface area contributed by atoms with Crippen molar-refractivity contribution >= 4 is 17.8 Å². The lowest BCUT2D eigenvalue weighted by atomic mass is 9.94. The molecule has 1 aliphatic heterocycles. The number of carboxylic acids is 1. The summed E-state index contributed by atoms with van der Waals surface area (Å²) >= 11 is 0. The molecule has 0 saturated carbocycles. The monoisotopic (exact) mass is 294 g/mol. The van der Waals surface area contributed by atoms with Crippen LogP contribution in [-0.2, 0) is 14.4 Å². The molecule has 116 valence electrons. The van der Waals surface area contributed by atoms with Gasteiger partial charge in [0.2, 0.25) is 11.8 Å². The van der Waals surface area contributed by atoms with Crippen LogP contribution in [0.25, 0.3) is 0 Å². The molecule has 0 atom stereocenters. The summed E-state index contributed by atoms with van der Waals surface area (Å²) in [5.74, 6) is 0.786. The van der Waals surface area contributed by atoms with Gasteiger partial charge in [-0.25, -0.2) is 0 Å². The van der Waals surface area contributed by atoms with Crippen LogP contribution in [0.3, 0.4) is 0 Å². The average Bonchev–Trinajstić information content (AvgIpc) is 2.45. The van der Waals surface area contributed by atoms with Gasteiger partial charge in [0, 0.05) is 24.9 Å². The number of carbonyl (C=O) groups excluding carboxylic acids is 2. The SMILES string of the molecule is C#CCN(CC(=O)O)C(=O)C1CCN(C(=O)C(C)C)CC1. The van der Waals surface area contributed by atoms with Crippen molar-refractivity contribution in [3.05, 3.63) is 0 Å². The zero-order chi connectivity index (χ0) is 16.0. The van der Waals surface area contributed by atoms with Crippen molar-refractivity contribution in [3.8, 4) is 12.3 Å².